The first-order chi connectivity index (χ1) is 13.5. The number of hydrogen-bond acceptors (Lipinski definition) is 3. The second kappa shape index (κ2) is 7.37. The molecule has 2 amide bonds. The van der Waals surface area contributed by atoms with Crippen LogP contribution in [0.25, 0.3) is 0 Å². The van der Waals surface area contributed by atoms with E-state index in [2.05, 4.69) is 10.6 Å². The molecule has 140 valence electrons. The number of nitrogens with one attached hydrogen (secondary N) is 2. The average molecular weight is 392 g/mol. The summed E-state index contributed by atoms with van der Waals surface area (Å²) in [6, 6.07) is 22.1. The zero-order valence-corrected chi connectivity index (χ0v) is 15.9. The minimum atomic E-state index is -0.383. The molecular formula is C22H18ClN3O2. The molecule has 0 bridgehead atoms. The van der Waals surface area contributed by atoms with E-state index in [9.17, 15) is 9.59 Å². The van der Waals surface area contributed by atoms with E-state index in [4.69, 9.17) is 11.6 Å². The van der Waals surface area contributed by atoms with E-state index in [1.54, 1.807) is 23.1 Å². The fourth-order valence-electron chi connectivity index (χ4n) is 3.31. The van der Waals surface area contributed by atoms with E-state index in [1.807, 2.05) is 54.6 Å². The Kier molecular flexibility index (Phi) is 4.75. The van der Waals surface area contributed by atoms with Gasteiger partial charge >= 0.3 is 0 Å². The SMILES string of the molecule is CC(=O)Nc1ccc(N2C(=O)c3ccccc3N[C@@H]2c2ccc(Cl)cc2)cc1. The van der Waals surface area contributed by atoms with Crippen LogP contribution in [0, 0.1) is 0 Å². The van der Waals surface area contributed by atoms with E-state index in [-0.39, 0.29) is 18.0 Å². The maximum Gasteiger partial charge on any atom is 0.262 e. The van der Waals surface area contributed by atoms with E-state index in [0.717, 1.165) is 16.9 Å². The van der Waals surface area contributed by atoms with Crippen molar-refractivity contribution in [2.24, 2.45) is 0 Å². The molecule has 6 heteroatoms. The van der Waals surface area contributed by atoms with Gasteiger partial charge in [0.1, 0.15) is 6.17 Å². The van der Waals surface area contributed by atoms with Crippen molar-refractivity contribution in [2.75, 3.05) is 15.5 Å². The standard InChI is InChI=1S/C22H18ClN3O2/c1-14(27)24-17-10-12-18(13-11-17)26-21(15-6-8-16(23)9-7-15)25-20-5-3-2-4-19(20)22(26)28/h2-13,21,25H,1H3,(H,24,27)/t21-/m0/s1. The molecule has 0 spiro atoms. The molecular weight excluding hydrogens is 374 g/mol. The molecule has 1 atom stereocenters. The number of nitrogens with zero attached hydrogens (tertiary/aromatic N) is 1. The van der Waals surface area contributed by atoms with Crippen LogP contribution in [0.3, 0.4) is 0 Å². The van der Waals surface area contributed by atoms with Crippen LogP contribution in [-0.2, 0) is 4.79 Å². The fourth-order valence-corrected chi connectivity index (χ4v) is 3.43. The molecule has 0 aliphatic carbocycles. The summed E-state index contributed by atoms with van der Waals surface area (Å²) in [5.41, 5.74) is 3.72. The highest BCUT2D eigenvalue weighted by Crippen LogP contribution is 2.37. The van der Waals surface area contributed by atoms with Gasteiger partial charge in [0.2, 0.25) is 5.91 Å². The lowest BCUT2D eigenvalue weighted by atomic mass is 10.0. The summed E-state index contributed by atoms with van der Waals surface area (Å²) >= 11 is 6.04. The van der Waals surface area contributed by atoms with Crippen LogP contribution < -0.4 is 15.5 Å². The third-order valence-corrected chi connectivity index (χ3v) is 4.83. The van der Waals surface area contributed by atoms with Crippen molar-refractivity contribution < 1.29 is 9.59 Å². The number of carbonyl (C=O) groups is 2. The normalized spacial score (nSPS) is 15.6. The van der Waals surface area contributed by atoms with Crippen molar-refractivity contribution in [3.63, 3.8) is 0 Å². The first-order valence-corrected chi connectivity index (χ1v) is 9.23. The number of hydrogen-bond donors (Lipinski definition) is 2. The van der Waals surface area contributed by atoms with E-state index < -0.39 is 0 Å². The number of carbonyl (C=O) groups excluding carboxylic acids is 2. The predicted octanol–water partition coefficient (Wildman–Crippen LogP) is 5.07. The molecule has 0 saturated heterocycles. The summed E-state index contributed by atoms with van der Waals surface area (Å²) in [7, 11) is 0. The number of para-hydroxylation sites is 1. The van der Waals surface area contributed by atoms with Gasteiger partial charge in [0.25, 0.3) is 5.91 Å². The van der Waals surface area contributed by atoms with Crippen LogP contribution in [0.1, 0.15) is 29.0 Å². The number of anilines is 3. The number of benzene rings is 3. The second-order valence-corrected chi connectivity index (χ2v) is 6.98. The highest BCUT2D eigenvalue weighted by Gasteiger charge is 2.33. The van der Waals surface area contributed by atoms with E-state index >= 15 is 0 Å². The van der Waals surface area contributed by atoms with Gasteiger partial charge in [-0.25, -0.2) is 0 Å². The molecule has 0 radical (unpaired) electrons. The van der Waals surface area contributed by atoms with E-state index in [0.29, 0.717) is 16.3 Å². The van der Waals surface area contributed by atoms with Crippen molar-refractivity contribution >= 4 is 40.5 Å². The first-order valence-electron chi connectivity index (χ1n) is 8.85. The Morgan fingerprint density at radius 3 is 2.36 bits per heavy atom. The molecule has 0 aromatic heterocycles. The van der Waals surface area contributed by atoms with Crippen molar-refractivity contribution in [3.8, 4) is 0 Å². The lowest BCUT2D eigenvalue weighted by Crippen LogP contribution is -2.43. The third kappa shape index (κ3) is 3.44. The topological polar surface area (TPSA) is 61.4 Å². The zero-order chi connectivity index (χ0) is 19.7. The molecule has 2 N–H and O–H groups in total. The summed E-state index contributed by atoms with van der Waals surface area (Å²) in [6.45, 7) is 1.46. The Hall–Kier alpha value is -3.31. The van der Waals surface area contributed by atoms with Crippen LogP contribution in [0.5, 0.6) is 0 Å². The summed E-state index contributed by atoms with van der Waals surface area (Å²) in [4.78, 5) is 26.3. The Labute approximate surface area is 167 Å². The van der Waals surface area contributed by atoms with Crippen LogP contribution in [-0.4, -0.2) is 11.8 Å². The Morgan fingerprint density at radius 2 is 1.68 bits per heavy atom. The number of halogens is 1. The van der Waals surface area contributed by atoms with Crippen LogP contribution in [0.15, 0.2) is 72.8 Å². The lowest BCUT2D eigenvalue weighted by molar-refractivity contribution is -0.114. The van der Waals surface area contributed by atoms with Crippen LogP contribution >= 0.6 is 11.6 Å². The summed E-state index contributed by atoms with van der Waals surface area (Å²) in [5.74, 6) is -0.238. The zero-order valence-electron chi connectivity index (χ0n) is 15.1. The van der Waals surface area contributed by atoms with Gasteiger partial charge in [0.05, 0.1) is 5.56 Å². The molecule has 28 heavy (non-hydrogen) atoms. The summed E-state index contributed by atoms with van der Waals surface area (Å²) in [5, 5.41) is 6.83. The summed E-state index contributed by atoms with van der Waals surface area (Å²) < 4.78 is 0. The van der Waals surface area contributed by atoms with Crippen LogP contribution in [0.2, 0.25) is 5.02 Å². The van der Waals surface area contributed by atoms with Crippen molar-refractivity contribution in [2.45, 2.75) is 13.1 Å². The smallest absolute Gasteiger partial charge is 0.262 e. The summed E-state index contributed by atoms with van der Waals surface area (Å²) in [6.07, 6.45) is -0.383. The average Bonchev–Trinajstić information content (AvgIpc) is 2.69. The first kappa shape index (κ1) is 18.1. The molecule has 1 aliphatic rings. The maximum absolute atomic E-state index is 13.3. The van der Waals surface area contributed by atoms with Gasteiger partial charge in [0.15, 0.2) is 0 Å². The van der Waals surface area contributed by atoms with Crippen molar-refractivity contribution in [3.05, 3.63) is 88.9 Å². The van der Waals surface area contributed by atoms with Gasteiger partial charge in [-0.05, 0) is 54.1 Å². The van der Waals surface area contributed by atoms with Gasteiger partial charge < -0.3 is 10.6 Å². The predicted molar refractivity (Wildman–Crippen MR) is 112 cm³/mol. The van der Waals surface area contributed by atoms with Gasteiger partial charge in [-0.1, -0.05) is 35.9 Å². The van der Waals surface area contributed by atoms with Gasteiger partial charge in [-0.15, -0.1) is 0 Å². The van der Waals surface area contributed by atoms with Crippen LogP contribution in [0.4, 0.5) is 17.1 Å². The number of rotatable bonds is 3. The van der Waals surface area contributed by atoms with E-state index in [1.165, 1.54) is 6.92 Å². The molecule has 0 fully saturated rings. The minimum absolute atomic E-state index is 0.0958. The molecule has 0 saturated carbocycles. The van der Waals surface area contributed by atoms with Crippen molar-refractivity contribution in [1.29, 1.82) is 0 Å². The molecule has 1 heterocycles. The third-order valence-electron chi connectivity index (χ3n) is 4.58. The number of fused-ring (bicyclic) bond motifs is 1. The Bertz CT molecular complexity index is 1030. The van der Waals surface area contributed by atoms with Gasteiger partial charge in [-0.3, -0.25) is 14.5 Å². The Balaban J connectivity index is 1.77. The van der Waals surface area contributed by atoms with Gasteiger partial charge in [-0.2, -0.15) is 0 Å². The molecule has 4 rings (SSSR count). The Morgan fingerprint density at radius 1 is 1.00 bits per heavy atom. The highest BCUT2D eigenvalue weighted by atomic mass is 35.5. The molecule has 3 aromatic rings. The second-order valence-electron chi connectivity index (χ2n) is 6.55. The fraction of sp³-hybridized carbons (Fsp3) is 0.0909. The monoisotopic (exact) mass is 391 g/mol. The van der Waals surface area contributed by atoms with Gasteiger partial charge in [0, 0.05) is 29.0 Å². The maximum atomic E-state index is 13.3. The quantitative estimate of drug-likeness (QED) is 0.655. The highest BCUT2D eigenvalue weighted by molar-refractivity contribution is 6.30. The molecule has 3 aromatic carbocycles. The molecule has 5 nitrogen and oxygen atoms in total. The lowest BCUT2D eigenvalue weighted by Gasteiger charge is -2.38. The minimum Gasteiger partial charge on any atom is -0.360 e. The molecule has 0 unspecified atom stereocenters. The number of amides is 2. The largest absolute Gasteiger partial charge is 0.360 e. The van der Waals surface area contributed by atoms with Crippen molar-refractivity contribution in [1.82, 2.24) is 0 Å². The molecule has 1 aliphatic heterocycles.